The SMILES string of the molecule is Br.O=C(Cc1ccccc1)Nn1cc(-c2ccc(Cl)cc2)sc1=O. The molecule has 0 saturated carbocycles. The van der Waals surface area contributed by atoms with Gasteiger partial charge in [-0.25, -0.2) is 4.68 Å². The van der Waals surface area contributed by atoms with E-state index in [-0.39, 0.29) is 34.2 Å². The zero-order valence-electron chi connectivity index (χ0n) is 12.4. The predicted molar refractivity (Wildman–Crippen MR) is 104 cm³/mol. The van der Waals surface area contributed by atoms with Crippen molar-refractivity contribution < 1.29 is 4.79 Å². The van der Waals surface area contributed by atoms with Crippen LogP contribution < -0.4 is 10.3 Å². The third-order valence-electron chi connectivity index (χ3n) is 3.22. The fourth-order valence-electron chi connectivity index (χ4n) is 2.12. The van der Waals surface area contributed by atoms with Crippen molar-refractivity contribution in [2.45, 2.75) is 6.42 Å². The molecule has 0 spiro atoms. The topological polar surface area (TPSA) is 51.1 Å². The van der Waals surface area contributed by atoms with Gasteiger partial charge in [-0.15, -0.1) is 17.0 Å². The molecule has 3 rings (SSSR count). The zero-order chi connectivity index (χ0) is 16.2. The van der Waals surface area contributed by atoms with Crippen LogP contribution in [0.15, 0.2) is 65.6 Å². The summed E-state index contributed by atoms with van der Waals surface area (Å²) in [7, 11) is 0. The van der Waals surface area contributed by atoms with Crippen LogP contribution in [0.4, 0.5) is 0 Å². The maximum absolute atomic E-state index is 12.0. The molecule has 0 aliphatic carbocycles. The summed E-state index contributed by atoms with van der Waals surface area (Å²) >= 11 is 6.93. The molecule has 1 amide bonds. The van der Waals surface area contributed by atoms with E-state index in [0.717, 1.165) is 27.3 Å². The lowest BCUT2D eigenvalue weighted by Crippen LogP contribution is -2.30. The van der Waals surface area contributed by atoms with E-state index in [1.54, 1.807) is 18.3 Å². The molecule has 0 atom stereocenters. The van der Waals surface area contributed by atoms with Crippen LogP contribution in [0.1, 0.15) is 5.56 Å². The molecule has 3 aromatic rings. The number of benzene rings is 2. The van der Waals surface area contributed by atoms with Gasteiger partial charge in [0.05, 0.1) is 11.3 Å². The van der Waals surface area contributed by atoms with Crippen LogP contribution in [0.3, 0.4) is 0 Å². The Kier molecular flexibility index (Phi) is 6.36. The molecule has 2 aromatic carbocycles. The van der Waals surface area contributed by atoms with Gasteiger partial charge in [0.2, 0.25) is 5.91 Å². The Morgan fingerprint density at radius 2 is 1.75 bits per heavy atom. The number of nitrogens with zero attached hydrogens (tertiary/aromatic N) is 1. The maximum Gasteiger partial charge on any atom is 0.326 e. The van der Waals surface area contributed by atoms with Crippen molar-refractivity contribution in [2.75, 3.05) is 5.43 Å². The van der Waals surface area contributed by atoms with Gasteiger partial charge >= 0.3 is 4.87 Å². The quantitative estimate of drug-likeness (QED) is 0.683. The van der Waals surface area contributed by atoms with Gasteiger partial charge in [-0.1, -0.05) is 65.4 Å². The average Bonchev–Trinajstić information content (AvgIpc) is 2.90. The molecule has 0 fully saturated rings. The summed E-state index contributed by atoms with van der Waals surface area (Å²) in [5, 5.41) is 0.636. The molecule has 0 saturated heterocycles. The lowest BCUT2D eigenvalue weighted by atomic mass is 10.1. The molecular formula is C17H14BrClN2O2S. The second-order valence-corrected chi connectivity index (χ2v) is 6.37. The highest BCUT2D eigenvalue weighted by molar-refractivity contribution is 8.93. The summed E-state index contributed by atoms with van der Waals surface area (Å²) in [6.07, 6.45) is 1.85. The van der Waals surface area contributed by atoms with Gasteiger partial charge in [0.25, 0.3) is 0 Å². The minimum absolute atomic E-state index is 0. The van der Waals surface area contributed by atoms with Gasteiger partial charge in [0.1, 0.15) is 0 Å². The molecule has 0 bridgehead atoms. The van der Waals surface area contributed by atoms with Crippen LogP contribution in [-0.4, -0.2) is 10.6 Å². The third kappa shape index (κ3) is 4.56. The Hall–Kier alpha value is -1.89. The second-order valence-electron chi connectivity index (χ2n) is 4.94. The van der Waals surface area contributed by atoms with Crippen LogP contribution in [0, 0.1) is 0 Å². The number of nitrogens with one attached hydrogen (secondary N) is 1. The minimum Gasteiger partial charge on any atom is -0.273 e. The molecule has 1 N–H and O–H groups in total. The van der Waals surface area contributed by atoms with E-state index in [9.17, 15) is 9.59 Å². The van der Waals surface area contributed by atoms with E-state index in [0.29, 0.717) is 5.02 Å². The summed E-state index contributed by atoms with van der Waals surface area (Å²) in [5.74, 6) is -0.237. The first kappa shape index (κ1) is 18.4. The Balaban J connectivity index is 0.00000208. The van der Waals surface area contributed by atoms with E-state index in [1.807, 2.05) is 42.5 Å². The number of amides is 1. The zero-order valence-corrected chi connectivity index (χ0v) is 15.7. The van der Waals surface area contributed by atoms with Crippen molar-refractivity contribution in [2.24, 2.45) is 0 Å². The fraction of sp³-hybridized carbons (Fsp3) is 0.0588. The molecule has 24 heavy (non-hydrogen) atoms. The van der Waals surface area contributed by atoms with Crippen LogP contribution in [-0.2, 0) is 11.2 Å². The van der Waals surface area contributed by atoms with Crippen LogP contribution in [0.25, 0.3) is 10.4 Å². The highest BCUT2D eigenvalue weighted by Gasteiger charge is 2.09. The number of hydrogen-bond acceptors (Lipinski definition) is 3. The summed E-state index contributed by atoms with van der Waals surface area (Å²) in [6, 6.07) is 16.6. The summed E-state index contributed by atoms with van der Waals surface area (Å²) < 4.78 is 1.22. The number of rotatable bonds is 4. The van der Waals surface area contributed by atoms with Gasteiger partial charge in [-0.05, 0) is 23.3 Å². The van der Waals surface area contributed by atoms with Crippen molar-refractivity contribution in [3.05, 3.63) is 81.0 Å². The number of hydrogen-bond donors (Lipinski definition) is 1. The number of thiazole rings is 1. The molecular weight excluding hydrogens is 412 g/mol. The largest absolute Gasteiger partial charge is 0.326 e. The Bertz CT molecular complexity index is 876. The normalized spacial score (nSPS) is 10.0. The first-order chi connectivity index (χ1) is 11.1. The standard InChI is InChI=1S/C17H13ClN2O2S.BrH/c18-14-8-6-13(7-9-14)15-11-20(17(22)23-15)19-16(21)10-12-4-2-1-3-5-12;/h1-9,11H,10H2,(H,19,21);1H. The molecule has 0 radical (unpaired) electrons. The monoisotopic (exact) mass is 424 g/mol. The van der Waals surface area contributed by atoms with Crippen molar-refractivity contribution in [3.63, 3.8) is 0 Å². The highest BCUT2D eigenvalue weighted by Crippen LogP contribution is 2.23. The van der Waals surface area contributed by atoms with Crippen LogP contribution >= 0.6 is 39.9 Å². The maximum atomic E-state index is 12.0. The number of halogens is 2. The van der Waals surface area contributed by atoms with Crippen LogP contribution in [0.5, 0.6) is 0 Å². The van der Waals surface area contributed by atoms with Gasteiger partial charge in [-0.3, -0.25) is 15.0 Å². The van der Waals surface area contributed by atoms with E-state index in [2.05, 4.69) is 5.43 Å². The van der Waals surface area contributed by atoms with Crippen molar-refractivity contribution in [1.29, 1.82) is 0 Å². The third-order valence-corrected chi connectivity index (χ3v) is 4.41. The molecule has 0 aliphatic heterocycles. The second kappa shape index (κ2) is 8.28. The molecule has 4 nitrogen and oxygen atoms in total. The Morgan fingerprint density at radius 1 is 1.08 bits per heavy atom. The molecule has 1 aromatic heterocycles. The Morgan fingerprint density at radius 3 is 2.42 bits per heavy atom. The van der Waals surface area contributed by atoms with Gasteiger partial charge in [-0.2, -0.15) is 0 Å². The lowest BCUT2D eigenvalue weighted by Gasteiger charge is -2.04. The molecule has 0 aliphatic rings. The first-order valence-electron chi connectivity index (χ1n) is 6.94. The smallest absolute Gasteiger partial charge is 0.273 e. The minimum atomic E-state index is -0.239. The number of carbonyl (C=O) groups excluding carboxylic acids is 1. The van der Waals surface area contributed by atoms with E-state index < -0.39 is 0 Å². The first-order valence-corrected chi connectivity index (χ1v) is 8.13. The fourth-order valence-corrected chi connectivity index (χ4v) is 3.04. The van der Waals surface area contributed by atoms with Gasteiger partial charge < -0.3 is 0 Å². The summed E-state index contributed by atoms with van der Waals surface area (Å²) in [6.45, 7) is 0. The molecule has 7 heteroatoms. The van der Waals surface area contributed by atoms with E-state index in [1.165, 1.54) is 4.68 Å². The molecule has 124 valence electrons. The number of aromatic nitrogens is 1. The lowest BCUT2D eigenvalue weighted by molar-refractivity contribution is -0.116. The van der Waals surface area contributed by atoms with Crippen LogP contribution in [0.2, 0.25) is 5.02 Å². The predicted octanol–water partition coefficient (Wildman–Crippen LogP) is 4.12. The summed E-state index contributed by atoms with van der Waals surface area (Å²) in [5.41, 5.74) is 4.39. The average molecular weight is 426 g/mol. The van der Waals surface area contributed by atoms with Gasteiger partial charge in [0, 0.05) is 11.2 Å². The molecule has 1 heterocycles. The van der Waals surface area contributed by atoms with E-state index >= 15 is 0 Å². The Labute approximate surface area is 158 Å². The molecule has 0 unspecified atom stereocenters. The van der Waals surface area contributed by atoms with Crippen molar-refractivity contribution >= 4 is 45.8 Å². The van der Waals surface area contributed by atoms with Gasteiger partial charge in [0.15, 0.2) is 0 Å². The highest BCUT2D eigenvalue weighted by atomic mass is 79.9. The number of carbonyl (C=O) groups is 1. The van der Waals surface area contributed by atoms with Crippen molar-refractivity contribution in [3.8, 4) is 10.4 Å². The van der Waals surface area contributed by atoms with Crippen molar-refractivity contribution in [1.82, 2.24) is 4.68 Å². The summed E-state index contributed by atoms with van der Waals surface area (Å²) in [4.78, 5) is 24.6. The van der Waals surface area contributed by atoms with E-state index in [4.69, 9.17) is 11.6 Å².